The monoisotopic (exact) mass is 118 g/mol. The van der Waals surface area contributed by atoms with E-state index in [1.165, 1.54) is 0 Å². The van der Waals surface area contributed by atoms with Gasteiger partial charge in [0.2, 0.25) is 0 Å². The zero-order chi connectivity index (χ0) is 0. The third kappa shape index (κ3) is 21.5. The quantitative estimate of drug-likeness (QED) is 0.277. The zero-order valence-corrected chi connectivity index (χ0v) is 6.82. The SMILES string of the molecule is F.F.[AlH3].[H-].[H-].[Na+].[Na+]. The molecule has 0 aromatic carbocycles. The Balaban J connectivity index is 0. The predicted molar refractivity (Wildman–Crippen MR) is 17.2 cm³/mol. The van der Waals surface area contributed by atoms with Crippen molar-refractivity contribution < 1.29 is 71.4 Å². The number of halogens is 2. The Labute approximate surface area is 87.5 Å². The summed E-state index contributed by atoms with van der Waals surface area (Å²) >= 11 is 0. The molecule has 0 heterocycles. The molecule has 0 N–H and O–H groups in total. The third-order valence-electron chi connectivity index (χ3n) is 0. The van der Waals surface area contributed by atoms with E-state index in [9.17, 15) is 0 Å². The Morgan fingerprint density at radius 1 is 0.800 bits per heavy atom. The van der Waals surface area contributed by atoms with Crippen molar-refractivity contribution in [3.8, 4) is 0 Å². The minimum Gasteiger partial charge on any atom is -1.00 e. The molecule has 0 bridgehead atoms. The van der Waals surface area contributed by atoms with Gasteiger partial charge in [0.1, 0.15) is 0 Å². The first-order valence-electron chi connectivity index (χ1n) is 0. The van der Waals surface area contributed by atoms with Crippen molar-refractivity contribution in [3.63, 3.8) is 0 Å². The molecular weight excluding hydrogens is 111 g/mol. The van der Waals surface area contributed by atoms with Crippen LogP contribution in [0, 0.1) is 0 Å². The molecule has 0 spiro atoms. The second kappa shape index (κ2) is 32.5. The topological polar surface area (TPSA) is 0 Å². The molecule has 26 valence electrons. The fraction of sp³-hybridized carbons (Fsp3) is 0. The molecule has 0 rings (SSSR count). The molecule has 5 heteroatoms. The molecule has 0 aliphatic rings. The molecule has 0 saturated heterocycles. The molecule has 0 unspecified atom stereocenters. The normalized spacial score (nSPS) is 0. The maximum absolute atomic E-state index is 0. The molecule has 0 aliphatic carbocycles. The van der Waals surface area contributed by atoms with Crippen LogP contribution in [0.4, 0.5) is 9.41 Å². The molecule has 0 aromatic heterocycles. The van der Waals surface area contributed by atoms with E-state index in [1.54, 1.807) is 0 Å². The van der Waals surface area contributed by atoms with E-state index >= 15 is 0 Å². The van der Waals surface area contributed by atoms with E-state index in [1.807, 2.05) is 0 Å². The third-order valence-corrected chi connectivity index (χ3v) is 0. The van der Waals surface area contributed by atoms with Gasteiger partial charge in [-0.15, -0.1) is 0 Å². The van der Waals surface area contributed by atoms with E-state index in [2.05, 4.69) is 0 Å². The molecule has 0 saturated carbocycles. The van der Waals surface area contributed by atoms with Crippen molar-refractivity contribution in [2.45, 2.75) is 0 Å². The predicted octanol–water partition coefficient (Wildman–Crippen LogP) is -6.65. The first kappa shape index (κ1) is 52.8. The summed E-state index contributed by atoms with van der Waals surface area (Å²) in [6.07, 6.45) is 0. The minimum atomic E-state index is 0. The molecular formula is H7AlF2Na2. The smallest absolute Gasteiger partial charge is 1.00 e. The van der Waals surface area contributed by atoms with Gasteiger partial charge >= 0.3 is 59.1 Å². The molecule has 0 atom stereocenters. The van der Waals surface area contributed by atoms with Gasteiger partial charge < -0.3 is 2.85 Å². The number of hydrogen-bond acceptors (Lipinski definition) is 0. The Hall–Kier alpha value is 2.39. The maximum atomic E-state index is 0. The minimum absolute atomic E-state index is 0. The summed E-state index contributed by atoms with van der Waals surface area (Å²) in [5.74, 6) is 0. The van der Waals surface area contributed by atoms with Crippen LogP contribution < -0.4 is 59.1 Å². The van der Waals surface area contributed by atoms with Gasteiger partial charge in [0.15, 0.2) is 17.4 Å². The van der Waals surface area contributed by atoms with Gasteiger partial charge in [-0.25, -0.2) is 0 Å². The average molecular weight is 118 g/mol. The number of hydrogen-bond donors (Lipinski definition) is 0. The average Bonchev–Trinajstić information content (AvgIpc) is 0. The van der Waals surface area contributed by atoms with Crippen LogP contribution in [0.1, 0.15) is 2.85 Å². The van der Waals surface area contributed by atoms with E-state index in [4.69, 9.17) is 0 Å². The van der Waals surface area contributed by atoms with Crippen LogP contribution in [-0.4, -0.2) is 17.4 Å². The summed E-state index contributed by atoms with van der Waals surface area (Å²) in [5, 5.41) is 0. The summed E-state index contributed by atoms with van der Waals surface area (Å²) in [5.41, 5.74) is 0. The van der Waals surface area contributed by atoms with Crippen LogP contribution in [0.3, 0.4) is 0 Å². The zero-order valence-electron chi connectivity index (χ0n) is 4.82. The van der Waals surface area contributed by atoms with Crippen molar-refractivity contribution in [2.75, 3.05) is 0 Å². The standard InChI is InChI=1S/Al.2FH.2Na.5H/h;2*1H;;;;;;;/q;;;2*+1;;;;2*-1. The van der Waals surface area contributed by atoms with Crippen molar-refractivity contribution in [3.05, 3.63) is 0 Å². The van der Waals surface area contributed by atoms with E-state index < -0.39 is 0 Å². The van der Waals surface area contributed by atoms with E-state index in [-0.39, 0.29) is 88.7 Å². The van der Waals surface area contributed by atoms with Crippen LogP contribution >= 0.6 is 0 Å². The summed E-state index contributed by atoms with van der Waals surface area (Å²) in [7, 11) is 0. The molecule has 0 aliphatic heterocycles. The number of rotatable bonds is 0. The van der Waals surface area contributed by atoms with E-state index in [0.29, 0.717) is 0 Å². The molecule has 0 fully saturated rings. The first-order valence-corrected chi connectivity index (χ1v) is 0. The summed E-state index contributed by atoms with van der Waals surface area (Å²) < 4.78 is 0. The van der Waals surface area contributed by atoms with Gasteiger partial charge in [0.25, 0.3) is 0 Å². The van der Waals surface area contributed by atoms with Crippen LogP contribution in [0.5, 0.6) is 0 Å². The Morgan fingerprint density at radius 2 is 0.800 bits per heavy atom. The van der Waals surface area contributed by atoms with Gasteiger partial charge in [-0.05, 0) is 0 Å². The summed E-state index contributed by atoms with van der Waals surface area (Å²) in [6.45, 7) is 0. The van der Waals surface area contributed by atoms with Gasteiger partial charge in [-0.1, -0.05) is 0 Å². The molecule has 0 aromatic rings. The molecule has 0 amide bonds. The first-order chi connectivity index (χ1) is 0. The van der Waals surface area contributed by atoms with Crippen molar-refractivity contribution >= 4 is 17.4 Å². The summed E-state index contributed by atoms with van der Waals surface area (Å²) in [6, 6.07) is 0. The van der Waals surface area contributed by atoms with Gasteiger partial charge in [-0.2, -0.15) is 0 Å². The second-order valence-electron chi connectivity index (χ2n) is 0. The van der Waals surface area contributed by atoms with Crippen LogP contribution in [0.25, 0.3) is 0 Å². The largest absolute Gasteiger partial charge is 1.00 e. The Bertz CT molecular complexity index is 13.7. The fourth-order valence-electron chi connectivity index (χ4n) is 0. The van der Waals surface area contributed by atoms with Crippen molar-refractivity contribution in [1.82, 2.24) is 0 Å². The van der Waals surface area contributed by atoms with Crippen molar-refractivity contribution in [2.24, 2.45) is 0 Å². The molecule has 5 heavy (non-hydrogen) atoms. The fourth-order valence-corrected chi connectivity index (χ4v) is 0. The summed E-state index contributed by atoms with van der Waals surface area (Å²) in [4.78, 5) is 0. The Morgan fingerprint density at radius 3 is 0.800 bits per heavy atom. The molecule has 0 nitrogen and oxygen atoms in total. The second-order valence-corrected chi connectivity index (χ2v) is 0. The Kier molecular flexibility index (Phi) is 343. The van der Waals surface area contributed by atoms with E-state index in [0.717, 1.165) is 0 Å². The maximum Gasteiger partial charge on any atom is 1.00 e. The van der Waals surface area contributed by atoms with Crippen LogP contribution in [-0.2, 0) is 0 Å². The van der Waals surface area contributed by atoms with Crippen LogP contribution in [0.2, 0.25) is 0 Å². The van der Waals surface area contributed by atoms with Crippen LogP contribution in [0.15, 0.2) is 0 Å². The van der Waals surface area contributed by atoms with Gasteiger partial charge in [0, 0.05) is 0 Å². The molecule has 0 radical (unpaired) electrons. The van der Waals surface area contributed by atoms with Crippen molar-refractivity contribution in [1.29, 1.82) is 0 Å². The van der Waals surface area contributed by atoms with Gasteiger partial charge in [0.05, 0.1) is 0 Å². The van der Waals surface area contributed by atoms with Gasteiger partial charge in [-0.3, -0.25) is 9.41 Å².